The summed E-state index contributed by atoms with van der Waals surface area (Å²) in [5.74, 6) is -0.952. The van der Waals surface area contributed by atoms with Crippen LogP contribution in [0, 0.1) is 0 Å². The average molecular weight is 161 g/mol. The van der Waals surface area contributed by atoms with Crippen LogP contribution in [0.25, 0.3) is 0 Å². The maximum absolute atomic E-state index is 10.2. The first-order chi connectivity index (χ1) is 5.20. The Balaban J connectivity index is 3.59. The molecule has 0 heterocycles. The van der Waals surface area contributed by atoms with Crippen molar-refractivity contribution in [3.05, 3.63) is 0 Å². The molecule has 0 aromatic heterocycles. The van der Waals surface area contributed by atoms with E-state index in [-0.39, 0.29) is 33.7 Å². The molecule has 0 aromatic carbocycles. The quantitative estimate of drug-likeness (QED) is 0.404. The summed E-state index contributed by atoms with van der Waals surface area (Å²) in [6, 6.07) is 0. The van der Waals surface area contributed by atoms with Crippen molar-refractivity contribution in [2.75, 3.05) is 26.3 Å². The van der Waals surface area contributed by atoms with Crippen molar-refractivity contribution in [1.82, 2.24) is 4.81 Å². The lowest BCUT2D eigenvalue weighted by molar-refractivity contribution is 0.205. The van der Waals surface area contributed by atoms with Gasteiger partial charge in [-0.3, -0.25) is 4.79 Å². The third kappa shape index (κ3) is 5.84. The van der Waals surface area contributed by atoms with Crippen LogP contribution < -0.4 is 0 Å². The molecule has 3 N–H and O–H groups in total. The van der Waals surface area contributed by atoms with Gasteiger partial charge in [-0.15, -0.1) is 0 Å². The monoisotopic (exact) mass is 161 g/mol. The summed E-state index contributed by atoms with van der Waals surface area (Å²) in [7, 11) is -0.138. The van der Waals surface area contributed by atoms with Gasteiger partial charge < -0.3 is 20.1 Å². The SMILES string of the molecule is O=C(O)BN(CCO)CCO. The van der Waals surface area contributed by atoms with Crippen LogP contribution in [0.2, 0.25) is 0 Å². The minimum absolute atomic E-state index is 0.0900. The summed E-state index contributed by atoms with van der Waals surface area (Å²) >= 11 is 0. The van der Waals surface area contributed by atoms with Crippen LogP contribution in [0.3, 0.4) is 0 Å². The molecule has 0 fully saturated rings. The van der Waals surface area contributed by atoms with Crippen LogP contribution in [0.15, 0.2) is 0 Å². The molecule has 0 atom stereocenters. The fraction of sp³-hybridized carbons (Fsp3) is 0.800. The van der Waals surface area contributed by atoms with E-state index >= 15 is 0 Å². The summed E-state index contributed by atoms with van der Waals surface area (Å²) in [5.41, 5.74) is 0. The fourth-order valence-corrected chi connectivity index (χ4v) is 0.744. The maximum atomic E-state index is 10.2. The molecule has 0 spiro atoms. The summed E-state index contributed by atoms with van der Waals surface area (Å²) in [6.45, 7) is 0.389. The number of rotatable bonds is 6. The Kier molecular flexibility index (Phi) is 5.82. The molecule has 0 amide bonds. The van der Waals surface area contributed by atoms with Crippen molar-refractivity contribution in [3.8, 4) is 0 Å². The Labute approximate surface area is 65.5 Å². The van der Waals surface area contributed by atoms with Crippen LogP contribution in [0.5, 0.6) is 0 Å². The molecule has 0 aliphatic heterocycles. The van der Waals surface area contributed by atoms with E-state index in [1.165, 1.54) is 4.81 Å². The van der Waals surface area contributed by atoms with Gasteiger partial charge in [0, 0.05) is 13.1 Å². The van der Waals surface area contributed by atoms with Crippen molar-refractivity contribution >= 4 is 13.3 Å². The van der Waals surface area contributed by atoms with Gasteiger partial charge in [-0.05, 0) is 0 Å². The Bertz CT molecular complexity index is 115. The maximum Gasteiger partial charge on any atom is 0.340 e. The second kappa shape index (κ2) is 6.15. The first-order valence-electron chi connectivity index (χ1n) is 3.36. The van der Waals surface area contributed by atoms with E-state index in [2.05, 4.69) is 0 Å². The highest BCUT2D eigenvalue weighted by atomic mass is 16.4. The van der Waals surface area contributed by atoms with Gasteiger partial charge in [-0.25, -0.2) is 0 Å². The average Bonchev–Trinajstić information content (AvgIpc) is 1.87. The van der Waals surface area contributed by atoms with E-state index in [1.807, 2.05) is 0 Å². The molecule has 11 heavy (non-hydrogen) atoms. The first kappa shape index (κ1) is 10.4. The molecule has 0 aromatic rings. The van der Waals surface area contributed by atoms with Crippen molar-refractivity contribution in [1.29, 1.82) is 0 Å². The number of aliphatic hydroxyl groups is 2. The summed E-state index contributed by atoms with van der Waals surface area (Å²) < 4.78 is 0. The highest BCUT2D eigenvalue weighted by Crippen LogP contribution is 1.83. The van der Waals surface area contributed by atoms with E-state index < -0.39 is 5.87 Å². The van der Waals surface area contributed by atoms with Crippen molar-refractivity contribution < 1.29 is 20.1 Å². The molecule has 0 rings (SSSR count). The molecular weight excluding hydrogens is 149 g/mol. The minimum Gasteiger partial charge on any atom is -0.488 e. The molecule has 0 saturated heterocycles. The van der Waals surface area contributed by atoms with Crippen molar-refractivity contribution in [3.63, 3.8) is 0 Å². The van der Waals surface area contributed by atoms with Crippen molar-refractivity contribution in [2.45, 2.75) is 0 Å². The van der Waals surface area contributed by atoms with Crippen molar-refractivity contribution in [2.24, 2.45) is 0 Å². The first-order valence-corrected chi connectivity index (χ1v) is 3.36. The summed E-state index contributed by atoms with van der Waals surface area (Å²) in [6.07, 6.45) is 0. The largest absolute Gasteiger partial charge is 0.488 e. The molecular formula is C5H12BNO4. The molecule has 0 radical (unpaired) electrons. The molecule has 0 saturated carbocycles. The van der Waals surface area contributed by atoms with Gasteiger partial charge in [-0.1, -0.05) is 0 Å². The molecule has 64 valence electrons. The van der Waals surface area contributed by atoms with E-state index in [4.69, 9.17) is 15.3 Å². The fourth-order valence-electron chi connectivity index (χ4n) is 0.744. The van der Waals surface area contributed by atoms with E-state index in [9.17, 15) is 4.79 Å². The summed E-state index contributed by atoms with van der Waals surface area (Å²) in [4.78, 5) is 11.6. The Morgan fingerprint density at radius 3 is 2.00 bits per heavy atom. The van der Waals surface area contributed by atoms with E-state index in [1.54, 1.807) is 0 Å². The van der Waals surface area contributed by atoms with Crippen LogP contribution in [0.1, 0.15) is 0 Å². The van der Waals surface area contributed by atoms with Crippen LogP contribution in [-0.4, -0.2) is 59.7 Å². The second-order valence-corrected chi connectivity index (χ2v) is 2.12. The zero-order valence-electron chi connectivity index (χ0n) is 6.23. The Morgan fingerprint density at radius 2 is 1.73 bits per heavy atom. The highest BCUT2D eigenvalue weighted by Gasteiger charge is 2.10. The van der Waals surface area contributed by atoms with Crippen LogP contribution >= 0.6 is 0 Å². The number of carboxylic acid groups (broad SMARTS) is 1. The topological polar surface area (TPSA) is 81.0 Å². The van der Waals surface area contributed by atoms with Gasteiger partial charge in [-0.2, -0.15) is 0 Å². The minimum atomic E-state index is -0.952. The van der Waals surface area contributed by atoms with E-state index in [0.717, 1.165) is 0 Å². The van der Waals surface area contributed by atoms with Gasteiger partial charge in [0.05, 0.1) is 13.2 Å². The number of aliphatic hydroxyl groups excluding tert-OH is 2. The lowest BCUT2D eigenvalue weighted by Gasteiger charge is -2.15. The second-order valence-electron chi connectivity index (χ2n) is 2.12. The molecule has 6 heteroatoms. The van der Waals surface area contributed by atoms with Crippen LogP contribution in [-0.2, 0) is 0 Å². The molecule has 0 aliphatic rings. The zero-order chi connectivity index (χ0) is 8.69. The lowest BCUT2D eigenvalue weighted by Crippen LogP contribution is -2.37. The molecule has 5 nitrogen and oxygen atoms in total. The predicted molar refractivity (Wildman–Crippen MR) is 40.9 cm³/mol. The molecule has 0 unspecified atom stereocenters. The third-order valence-corrected chi connectivity index (χ3v) is 1.19. The predicted octanol–water partition coefficient (Wildman–Crippen LogP) is -1.70. The van der Waals surface area contributed by atoms with E-state index in [0.29, 0.717) is 0 Å². The number of hydrogen-bond donors (Lipinski definition) is 3. The lowest BCUT2D eigenvalue weighted by atomic mass is 9.92. The normalized spacial score (nSPS) is 10.1. The molecule has 0 bridgehead atoms. The Hall–Kier alpha value is -0.585. The zero-order valence-corrected chi connectivity index (χ0v) is 6.23. The van der Waals surface area contributed by atoms with Gasteiger partial charge in [0.1, 0.15) is 0 Å². The number of carbonyl (C=O) groups is 1. The number of hydrogen-bond acceptors (Lipinski definition) is 4. The third-order valence-electron chi connectivity index (χ3n) is 1.19. The standard InChI is InChI=1S/C5H12BNO4/c8-3-1-7(2-4-9)6-5(10)11/h6,8-9H,1-4H2,(H,10,11). The highest BCUT2D eigenvalue weighted by molar-refractivity contribution is 6.69. The van der Waals surface area contributed by atoms with Gasteiger partial charge >= 0.3 is 7.41 Å². The Morgan fingerprint density at radius 1 is 1.27 bits per heavy atom. The summed E-state index contributed by atoms with van der Waals surface area (Å²) in [5, 5.41) is 25.3. The van der Waals surface area contributed by atoms with Gasteiger partial charge in [0.2, 0.25) is 0 Å². The number of nitrogens with zero attached hydrogens (tertiary/aromatic N) is 1. The van der Waals surface area contributed by atoms with Crippen LogP contribution in [0.4, 0.5) is 4.79 Å². The molecule has 0 aliphatic carbocycles. The smallest absolute Gasteiger partial charge is 0.340 e. The van der Waals surface area contributed by atoms with Gasteiger partial charge in [0.25, 0.3) is 5.87 Å². The van der Waals surface area contributed by atoms with Gasteiger partial charge in [0.15, 0.2) is 0 Å².